The molecule has 3 rings (SSSR count). The summed E-state index contributed by atoms with van der Waals surface area (Å²) in [5.41, 5.74) is 1.63. The predicted molar refractivity (Wildman–Crippen MR) is 108 cm³/mol. The van der Waals surface area contributed by atoms with Gasteiger partial charge in [-0.25, -0.2) is 0 Å². The number of hydrogen-bond donors (Lipinski definition) is 2. The standard InChI is InChI=1S/C18H17BrN4O3S/c1-25-13-8-6-12(7-9-13)20-10-17-22-23-18(26-17)27-11-16(24)21-15-5-3-2-4-14(15)19/h2-9,20H,10-11H2,1H3,(H,21,24). The molecule has 27 heavy (non-hydrogen) atoms. The van der Waals surface area contributed by atoms with Gasteiger partial charge in [0.1, 0.15) is 5.75 Å². The lowest BCUT2D eigenvalue weighted by Gasteiger charge is -2.05. The molecule has 2 aromatic carbocycles. The van der Waals surface area contributed by atoms with Gasteiger partial charge in [0.25, 0.3) is 5.22 Å². The Labute approximate surface area is 169 Å². The Bertz CT molecular complexity index is 902. The number of nitrogens with zero attached hydrogens (tertiary/aromatic N) is 2. The molecule has 9 heteroatoms. The topological polar surface area (TPSA) is 89.3 Å². The quantitative estimate of drug-likeness (QED) is 0.499. The van der Waals surface area contributed by atoms with Crippen LogP contribution in [0, 0.1) is 0 Å². The Kier molecular flexibility index (Phi) is 6.72. The molecule has 7 nitrogen and oxygen atoms in total. The number of carbonyl (C=O) groups excluding carboxylic acids is 1. The molecule has 1 amide bonds. The molecule has 0 fully saturated rings. The maximum absolute atomic E-state index is 12.0. The molecule has 140 valence electrons. The van der Waals surface area contributed by atoms with Gasteiger partial charge in [-0.15, -0.1) is 10.2 Å². The van der Waals surface area contributed by atoms with Gasteiger partial charge < -0.3 is 19.8 Å². The molecule has 0 aliphatic rings. The van der Waals surface area contributed by atoms with Crippen molar-refractivity contribution in [1.29, 1.82) is 0 Å². The summed E-state index contributed by atoms with van der Waals surface area (Å²) < 4.78 is 11.5. The minimum absolute atomic E-state index is 0.150. The molecule has 0 saturated carbocycles. The van der Waals surface area contributed by atoms with Crippen molar-refractivity contribution in [2.24, 2.45) is 0 Å². The molecule has 0 aliphatic heterocycles. The summed E-state index contributed by atoms with van der Waals surface area (Å²) in [5, 5.41) is 14.3. The number of methoxy groups -OCH3 is 1. The Morgan fingerprint density at radius 1 is 1.19 bits per heavy atom. The maximum Gasteiger partial charge on any atom is 0.277 e. The van der Waals surface area contributed by atoms with Crippen LogP contribution in [0.15, 0.2) is 62.6 Å². The molecular weight excluding hydrogens is 432 g/mol. The van der Waals surface area contributed by atoms with E-state index in [1.807, 2.05) is 48.5 Å². The molecule has 3 aromatic rings. The van der Waals surface area contributed by atoms with E-state index < -0.39 is 0 Å². The summed E-state index contributed by atoms with van der Waals surface area (Å²) in [6, 6.07) is 14.9. The van der Waals surface area contributed by atoms with E-state index in [9.17, 15) is 4.79 Å². The van der Waals surface area contributed by atoms with Crippen LogP contribution in [0.1, 0.15) is 5.89 Å². The fourth-order valence-corrected chi connectivity index (χ4v) is 3.09. The molecule has 0 saturated heterocycles. The zero-order valence-electron chi connectivity index (χ0n) is 14.4. The van der Waals surface area contributed by atoms with Crippen molar-refractivity contribution >= 4 is 45.0 Å². The lowest BCUT2D eigenvalue weighted by molar-refractivity contribution is -0.113. The smallest absolute Gasteiger partial charge is 0.277 e. The van der Waals surface area contributed by atoms with Crippen LogP contribution in [0.4, 0.5) is 11.4 Å². The summed E-state index contributed by atoms with van der Waals surface area (Å²) in [6.45, 7) is 0.392. The molecule has 0 aliphatic carbocycles. The highest BCUT2D eigenvalue weighted by Crippen LogP contribution is 2.22. The van der Waals surface area contributed by atoms with Gasteiger partial charge in [-0.1, -0.05) is 23.9 Å². The number of halogens is 1. The van der Waals surface area contributed by atoms with Crippen LogP contribution in [0.3, 0.4) is 0 Å². The number of benzene rings is 2. The van der Waals surface area contributed by atoms with Gasteiger partial charge in [0.2, 0.25) is 11.8 Å². The molecule has 0 unspecified atom stereocenters. The Morgan fingerprint density at radius 3 is 2.70 bits per heavy atom. The zero-order chi connectivity index (χ0) is 19.1. The third-order valence-electron chi connectivity index (χ3n) is 3.46. The van der Waals surface area contributed by atoms with Gasteiger partial charge in [0, 0.05) is 10.2 Å². The zero-order valence-corrected chi connectivity index (χ0v) is 16.8. The van der Waals surface area contributed by atoms with Crippen LogP contribution in [0.2, 0.25) is 0 Å². The van der Waals surface area contributed by atoms with Crippen molar-refractivity contribution in [1.82, 2.24) is 10.2 Å². The number of para-hydroxylation sites is 1. The SMILES string of the molecule is COc1ccc(NCc2nnc(SCC(=O)Nc3ccccc3Br)o2)cc1. The Hall–Kier alpha value is -2.52. The average Bonchev–Trinajstić information content (AvgIpc) is 3.15. The second kappa shape index (κ2) is 9.43. The van der Waals surface area contributed by atoms with Crippen molar-refractivity contribution < 1.29 is 13.9 Å². The lowest BCUT2D eigenvalue weighted by atomic mass is 10.3. The number of amides is 1. The van der Waals surface area contributed by atoms with E-state index >= 15 is 0 Å². The van der Waals surface area contributed by atoms with Gasteiger partial charge in [0.15, 0.2) is 0 Å². The molecule has 2 N–H and O–H groups in total. The number of hydrogen-bond acceptors (Lipinski definition) is 7. The summed E-state index contributed by atoms with van der Waals surface area (Å²) in [4.78, 5) is 12.0. The number of aromatic nitrogens is 2. The largest absolute Gasteiger partial charge is 0.497 e. The first-order valence-electron chi connectivity index (χ1n) is 8.01. The van der Waals surface area contributed by atoms with Gasteiger partial charge in [-0.3, -0.25) is 4.79 Å². The number of carbonyl (C=O) groups is 1. The first-order valence-corrected chi connectivity index (χ1v) is 9.79. The van der Waals surface area contributed by atoms with E-state index in [1.54, 1.807) is 7.11 Å². The van der Waals surface area contributed by atoms with E-state index in [1.165, 1.54) is 11.8 Å². The second-order valence-corrected chi connectivity index (χ2v) is 7.14. The first kappa shape index (κ1) is 19.2. The van der Waals surface area contributed by atoms with Crippen LogP contribution >= 0.6 is 27.7 Å². The van der Waals surface area contributed by atoms with Crippen LogP contribution in [0.5, 0.6) is 5.75 Å². The van der Waals surface area contributed by atoms with Gasteiger partial charge in [0.05, 0.1) is 25.1 Å². The van der Waals surface area contributed by atoms with Crippen molar-refractivity contribution in [2.75, 3.05) is 23.5 Å². The van der Waals surface area contributed by atoms with E-state index in [0.29, 0.717) is 17.7 Å². The fourth-order valence-electron chi connectivity index (χ4n) is 2.13. The minimum atomic E-state index is -0.150. The fraction of sp³-hybridized carbons (Fsp3) is 0.167. The van der Waals surface area contributed by atoms with Gasteiger partial charge in [-0.2, -0.15) is 0 Å². The third-order valence-corrected chi connectivity index (χ3v) is 4.97. The molecule has 0 atom stereocenters. The van der Waals surface area contributed by atoms with Gasteiger partial charge >= 0.3 is 0 Å². The number of nitrogens with one attached hydrogen (secondary N) is 2. The van der Waals surface area contributed by atoms with Crippen molar-refractivity contribution in [2.45, 2.75) is 11.8 Å². The molecule has 0 spiro atoms. The molecule has 1 aromatic heterocycles. The third kappa shape index (κ3) is 5.73. The van der Waals surface area contributed by atoms with E-state index in [4.69, 9.17) is 9.15 Å². The highest BCUT2D eigenvalue weighted by Gasteiger charge is 2.11. The molecular formula is C18H17BrN4O3S. The molecule has 0 bridgehead atoms. The summed E-state index contributed by atoms with van der Waals surface area (Å²) in [5.74, 6) is 1.26. The van der Waals surface area contributed by atoms with E-state index in [0.717, 1.165) is 21.6 Å². The first-order chi connectivity index (χ1) is 13.1. The number of thioether (sulfide) groups is 1. The number of rotatable bonds is 8. The minimum Gasteiger partial charge on any atom is -0.497 e. The number of anilines is 2. The van der Waals surface area contributed by atoms with Crippen LogP contribution < -0.4 is 15.4 Å². The molecule has 0 radical (unpaired) electrons. The average molecular weight is 449 g/mol. The lowest BCUT2D eigenvalue weighted by Crippen LogP contribution is -2.14. The summed E-state index contributed by atoms with van der Waals surface area (Å²) >= 11 is 4.58. The number of ether oxygens (including phenoxy) is 1. The second-order valence-electron chi connectivity index (χ2n) is 5.36. The Morgan fingerprint density at radius 2 is 1.96 bits per heavy atom. The van der Waals surface area contributed by atoms with E-state index in [2.05, 4.69) is 36.8 Å². The molecule has 1 heterocycles. The normalized spacial score (nSPS) is 10.4. The highest BCUT2D eigenvalue weighted by molar-refractivity contribution is 9.10. The Balaban J connectivity index is 1.46. The summed E-state index contributed by atoms with van der Waals surface area (Å²) in [6.07, 6.45) is 0. The maximum atomic E-state index is 12.0. The van der Waals surface area contributed by atoms with E-state index in [-0.39, 0.29) is 11.7 Å². The van der Waals surface area contributed by atoms with Crippen LogP contribution in [-0.2, 0) is 11.3 Å². The summed E-state index contributed by atoms with van der Waals surface area (Å²) in [7, 11) is 1.62. The van der Waals surface area contributed by atoms with Crippen LogP contribution in [-0.4, -0.2) is 29.0 Å². The predicted octanol–water partition coefficient (Wildman–Crippen LogP) is 4.18. The van der Waals surface area contributed by atoms with Crippen molar-refractivity contribution in [3.63, 3.8) is 0 Å². The van der Waals surface area contributed by atoms with Gasteiger partial charge in [-0.05, 0) is 52.3 Å². The van der Waals surface area contributed by atoms with Crippen molar-refractivity contribution in [3.05, 3.63) is 58.9 Å². The van der Waals surface area contributed by atoms with Crippen LogP contribution in [0.25, 0.3) is 0 Å². The van der Waals surface area contributed by atoms with Crippen molar-refractivity contribution in [3.8, 4) is 5.75 Å². The highest BCUT2D eigenvalue weighted by atomic mass is 79.9. The monoisotopic (exact) mass is 448 g/mol.